The summed E-state index contributed by atoms with van der Waals surface area (Å²) in [6.45, 7) is 3.17. The molecule has 0 unspecified atom stereocenters. The number of rotatable bonds is 4. The van der Waals surface area contributed by atoms with E-state index in [0.717, 1.165) is 31.6 Å². The Morgan fingerprint density at radius 1 is 1.42 bits per heavy atom. The van der Waals surface area contributed by atoms with Gasteiger partial charge in [0.05, 0.1) is 0 Å². The van der Waals surface area contributed by atoms with Gasteiger partial charge in [0.1, 0.15) is 5.82 Å². The summed E-state index contributed by atoms with van der Waals surface area (Å²) in [5, 5.41) is 0. The van der Waals surface area contributed by atoms with Gasteiger partial charge in [-0.2, -0.15) is 0 Å². The molecule has 0 spiro atoms. The van der Waals surface area contributed by atoms with Crippen molar-refractivity contribution in [3.05, 3.63) is 29.6 Å². The van der Waals surface area contributed by atoms with Crippen LogP contribution in [0.25, 0.3) is 0 Å². The van der Waals surface area contributed by atoms with Gasteiger partial charge < -0.3 is 9.80 Å². The van der Waals surface area contributed by atoms with Crippen molar-refractivity contribution >= 4 is 12.0 Å². The smallest absolute Gasteiger partial charge is 0.152 e. The minimum atomic E-state index is -0.362. The van der Waals surface area contributed by atoms with Crippen LogP contribution in [-0.4, -0.2) is 44.9 Å². The summed E-state index contributed by atoms with van der Waals surface area (Å²) in [6.07, 6.45) is 3.08. The number of carbonyl (C=O) groups is 1. The Morgan fingerprint density at radius 2 is 2.11 bits per heavy atom. The first-order valence-electron chi connectivity index (χ1n) is 6.74. The molecule has 0 aromatic heterocycles. The number of likely N-dealkylation sites (tertiary alicyclic amines) is 1. The molecule has 0 atom stereocenters. The van der Waals surface area contributed by atoms with Crippen LogP contribution in [0.1, 0.15) is 23.2 Å². The number of carbonyl (C=O) groups excluding carboxylic acids is 1. The molecule has 1 aliphatic rings. The topological polar surface area (TPSA) is 23.6 Å². The maximum absolute atomic E-state index is 13.1. The van der Waals surface area contributed by atoms with E-state index in [1.807, 2.05) is 7.05 Å². The Balaban J connectivity index is 2.03. The summed E-state index contributed by atoms with van der Waals surface area (Å²) in [7, 11) is 4.11. The fourth-order valence-corrected chi connectivity index (χ4v) is 2.70. The molecular weight excluding hydrogens is 243 g/mol. The fourth-order valence-electron chi connectivity index (χ4n) is 2.70. The summed E-state index contributed by atoms with van der Waals surface area (Å²) in [4.78, 5) is 15.4. The molecule has 104 valence electrons. The minimum Gasteiger partial charge on any atom is -0.374 e. The molecule has 3 nitrogen and oxygen atoms in total. The number of aldehydes is 1. The molecule has 4 heteroatoms. The first-order valence-corrected chi connectivity index (χ1v) is 6.74. The van der Waals surface area contributed by atoms with Gasteiger partial charge in [-0.3, -0.25) is 4.79 Å². The number of anilines is 1. The summed E-state index contributed by atoms with van der Waals surface area (Å²) >= 11 is 0. The summed E-state index contributed by atoms with van der Waals surface area (Å²) in [6, 6.07) is 4.40. The Labute approximate surface area is 114 Å². The molecule has 0 aliphatic carbocycles. The Hall–Kier alpha value is -1.42. The van der Waals surface area contributed by atoms with Crippen molar-refractivity contribution in [1.82, 2.24) is 4.90 Å². The van der Waals surface area contributed by atoms with Crippen molar-refractivity contribution in [1.29, 1.82) is 0 Å². The van der Waals surface area contributed by atoms with E-state index in [9.17, 15) is 9.18 Å². The van der Waals surface area contributed by atoms with Crippen molar-refractivity contribution in [2.24, 2.45) is 5.92 Å². The highest BCUT2D eigenvalue weighted by Crippen LogP contribution is 2.23. The second-order valence-electron chi connectivity index (χ2n) is 5.45. The highest BCUT2D eigenvalue weighted by atomic mass is 19.1. The number of benzene rings is 1. The van der Waals surface area contributed by atoms with E-state index in [1.165, 1.54) is 25.0 Å². The Morgan fingerprint density at radius 3 is 2.74 bits per heavy atom. The third kappa shape index (κ3) is 3.53. The van der Waals surface area contributed by atoms with Gasteiger partial charge in [0, 0.05) is 24.8 Å². The van der Waals surface area contributed by atoms with Gasteiger partial charge in [0.25, 0.3) is 0 Å². The van der Waals surface area contributed by atoms with Gasteiger partial charge in [0.2, 0.25) is 0 Å². The van der Waals surface area contributed by atoms with Gasteiger partial charge in [-0.1, -0.05) is 0 Å². The van der Waals surface area contributed by atoms with Crippen molar-refractivity contribution in [2.45, 2.75) is 12.8 Å². The number of hydrogen-bond donors (Lipinski definition) is 0. The molecule has 1 heterocycles. The van der Waals surface area contributed by atoms with E-state index in [-0.39, 0.29) is 5.82 Å². The minimum absolute atomic E-state index is 0.362. The Kier molecular flexibility index (Phi) is 4.53. The van der Waals surface area contributed by atoms with Crippen molar-refractivity contribution < 1.29 is 9.18 Å². The Bertz CT molecular complexity index is 442. The van der Waals surface area contributed by atoms with E-state index in [1.54, 1.807) is 6.07 Å². The van der Waals surface area contributed by atoms with Crippen LogP contribution in [0.5, 0.6) is 0 Å². The van der Waals surface area contributed by atoms with E-state index < -0.39 is 0 Å². The van der Waals surface area contributed by atoms with Crippen LogP contribution in [-0.2, 0) is 0 Å². The molecule has 0 radical (unpaired) electrons. The molecule has 1 fully saturated rings. The van der Waals surface area contributed by atoms with Crippen molar-refractivity contribution in [2.75, 3.05) is 38.6 Å². The second kappa shape index (κ2) is 6.15. The van der Waals surface area contributed by atoms with E-state index >= 15 is 0 Å². The molecule has 1 aromatic rings. The lowest BCUT2D eigenvalue weighted by molar-refractivity contribution is 0.112. The maximum Gasteiger partial charge on any atom is 0.152 e. The standard InChI is InChI=1S/C15H21FN2O/c1-17-7-5-12(6-8-17)10-18(2)15-4-3-14(16)9-13(15)11-19/h3-4,9,11-12H,5-8,10H2,1-2H3. The lowest BCUT2D eigenvalue weighted by Gasteiger charge is -2.32. The van der Waals surface area contributed by atoms with Crippen LogP contribution in [0.2, 0.25) is 0 Å². The number of halogens is 1. The largest absolute Gasteiger partial charge is 0.374 e. The SMILES string of the molecule is CN1CCC(CN(C)c2ccc(F)cc2C=O)CC1. The van der Waals surface area contributed by atoms with Gasteiger partial charge in [-0.15, -0.1) is 0 Å². The lowest BCUT2D eigenvalue weighted by Crippen LogP contribution is -2.36. The number of nitrogens with zero attached hydrogens (tertiary/aromatic N) is 2. The third-order valence-corrected chi connectivity index (χ3v) is 3.90. The van der Waals surface area contributed by atoms with Crippen LogP contribution >= 0.6 is 0 Å². The van der Waals surface area contributed by atoms with Crippen molar-refractivity contribution in [3.8, 4) is 0 Å². The molecule has 2 rings (SSSR count). The fraction of sp³-hybridized carbons (Fsp3) is 0.533. The molecule has 0 amide bonds. The number of hydrogen-bond acceptors (Lipinski definition) is 3. The van der Waals surface area contributed by atoms with Crippen LogP contribution in [0.3, 0.4) is 0 Å². The molecule has 0 N–H and O–H groups in total. The molecule has 1 aromatic carbocycles. The number of piperidine rings is 1. The molecular formula is C15H21FN2O. The summed E-state index contributed by atoms with van der Waals surface area (Å²) in [5.41, 5.74) is 1.24. The molecule has 1 saturated heterocycles. The predicted octanol–water partition coefficient (Wildman–Crippen LogP) is 2.42. The first-order chi connectivity index (χ1) is 9.10. The quantitative estimate of drug-likeness (QED) is 0.780. The summed E-state index contributed by atoms with van der Waals surface area (Å²) in [5.74, 6) is 0.282. The monoisotopic (exact) mass is 264 g/mol. The maximum atomic E-state index is 13.1. The molecule has 0 bridgehead atoms. The zero-order chi connectivity index (χ0) is 13.8. The lowest BCUT2D eigenvalue weighted by atomic mass is 9.96. The van der Waals surface area contributed by atoms with Crippen LogP contribution in [0.4, 0.5) is 10.1 Å². The summed E-state index contributed by atoms with van der Waals surface area (Å²) < 4.78 is 13.1. The van der Waals surface area contributed by atoms with Gasteiger partial charge in [0.15, 0.2) is 6.29 Å². The third-order valence-electron chi connectivity index (χ3n) is 3.90. The normalized spacial score (nSPS) is 17.4. The van der Waals surface area contributed by atoms with Crippen LogP contribution in [0, 0.1) is 11.7 Å². The van der Waals surface area contributed by atoms with E-state index in [4.69, 9.17) is 0 Å². The van der Waals surface area contributed by atoms with E-state index in [2.05, 4.69) is 16.8 Å². The van der Waals surface area contributed by atoms with Crippen LogP contribution in [0.15, 0.2) is 18.2 Å². The zero-order valence-corrected chi connectivity index (χ0v) is 11.6. The molecule has 19 heavy (non-hydrogen) atoms. The van der Waals surface area contributed by atoms with Crippen LogP contribution < -0.4 is 4.90 Å². The predicted molar refractivity (Wildman–Crippen MR) is 75.3 cm³/mol. The zero-order valence-electron chi connectivity index (χ0n) is 11.6. The second-order valence-corrected chi connectivity index (χ2v) is 5.45. The van der Waals surface area contributed by atoms with E-state index in [0.29, 0.717) is 11.5 Å². The average Bonchev–Trinajstić information content (AvgIpc) is 2.41. The van der Waals surface area contributed by atoms with Gasteiger partial charge >= 0.3 is 0 Å². The van der Waals surface area contributed by atoms with Gasteiger partial charge in [-0.25, -0.2) is 4.39 Å². The first kappa shape index (κ1) is 14.0. The van der Waals surface area contributed by atoms with Crippen molar-refractivity contribution in [3.63, 3.8) is 0 Å². The highest BCUT2D eigenvalue weighted by Gasteiger charge is 2.19. The highest BCUT2D eigenvalue weighted by molar-refractivity contribution is 5.84. The van der Waals surface area contributed by atoms with Gasteiger partial charge in [-0.05, 0) is 57.1 Å². The molecule has 1 aliphatic heterocycles. The average molecular weight is 264 g/mol. The molecule has 0 saturated carbocycles.